The van der Waals surface area contributed by atoms with Gasteiger partial charge in [-0.1, -0.05) is 50.1 Å². The molecule has 102 valence electrons. The Kier molecular flexibility index (Phi) is 5.15. The molecule has 0 bridgehead atoms. The lowest BCUT2D eigenvalue weighted by molar-refractivity contribution is 0.104. The van der Waals surface area contributed by atoms with Crippen LogP contribution in [0.4, 0.5) is 0 Å². The fourth-order valence-corrected chi connectivity index (χ4v) is 2.33. The summed E-state index contributed by atoms with van der Waals surface area (Å²) in [5.41, 5.74) is 1.51. The van der Waals surface area contributed by atoms with E-state index >= 15 is 0 Å². The normalized spacial score (nSPS) is 10.8. The molecule has 0 aliphatic rings. The van der Waals surface area contributed by atoms with Crippen molar-refractivity contribution in [2.45, 2.75) is 0 Å². The van der Waals surface area contributed by atoms with Gasteiger partial charge < -0.3 is 4.74 Å². The summed E-state index contributed by atoms with van der Waals surface area (Å²) >= 11 is 6.74. The van der Waals surface area contributed by atoms with Crippen molar-refractivity contribution in [2.24, 2.45) is 0 Å². The molecule has 2 rings (SSSR count). The van der Waals surface area contributed by atoms with Crippen molar-refractivity contribution < 1.29 is 9.53 Å². The molecule has 0 atom stereocenters. The molecule has 2 aromatic carbocycles. The third-order valence-corrected chi connectivity index (χ3v) is 3.75. The van der Waals surface area contributed by atoms with Crippen LogP contribution in [0.25, 0.3) is 6.08 Å². The van der Waals surface area contributed by atoms with Crippen LogP contribution < -0.4 is 4.74 Å². The topological polar surface area (TPSA) is 26.3 Å². The Hall–Kier alpha value is -1.39. The number of carbonyl (C=O) groups excluding carboxylic acids is 1. The fourth-order valence-electron chi connectivity index (χ4n) is 1.71. The number of benzene rings is 2. The number of methoxy groups -OCH3 is 1. The first-order valence-corrected chi connectivity index (χ1v) is 7.50. The van der Waals surface area contributed by atoms with Crippen LogP contribution in [0.2, 0.25) is 0 Å². The molecule has 0 unspecified atom stereocenters. The molecule has 0 saturated heterocycles. The Balaban J connectivity index is 2.23. The van der Waals surface area contributed by atoms with E-state index in [0.29, 0.717) is 11.3 Å². The van der Waals surface area contributed by atoms with Crippen LogP contribution in [0, 0.1) is 0 Å². The van der Waals surface area contributed by atoms with E-state index in [1.807, 2.05) is 30.3 Å². The first kappa shape index (κ1) is 15.0. The molecular weight excluding hydrogens is 384 g/mol. The van der Waals surface area contributed by atoms with Crippen molar-refractivity contribution in [1.29, 1.82) is 0 Å². The van der Waals surface area contributed by atoms with Crippen LogP contribution in [0.1, 0.15) is 15.9 Å². The minimum absolute atomic E-state index is 0.0916. The number of ketones is 1. The quantitative estimate of drug-likeness (QED) is 0.530. The summed E-state index contributed by atoms with van der Waals surface area (Å²) in [5.74, 6) is 0.477. The van der Waals surface area contributed by atoms with Crippen LogP contribution in [0.5, 0.6) is 5.75 Å². The third kappa shape index (κ3) is 3.81. The lowest BCUT2D eigenvalue weighted by Crippen LogP contribution is -1.98. The van der Waals surface area contributed by atoms with Crippen LogP contribution >= 0.6 is 31.9 Å². The van der Waals surface area contributed by atoms with Crippen molar-refractivity contribution in [3.8, 4) is 5.75 Å². The fraction of sp³-hybridized carbons (Fsp3) is 0.0625. The van der Waals surface area contributed by atoms with Gasteiger partial charge >= 0.3 is 0 Å². The first-order valence-electron chi connectivity index (χ1n) is 5.91. The molecule has 0 radical (unpaired) electrons. The van der Waals surface area contributed by atoms with Gasteiger partial charge in [-0.3, -0.25) is 4.79 Å². The van der Waals surface area contributed by atoms with Crippen molar-refractivity contribution in [1.82, 2.24) is 0 Å². The second-order valence-corrected chi connectivity index (χ2v) is 5.93. The predicted octanol–water partition coefficient (Wildman–Crippen LogP) is 5.12. The Labute approximate surface area is 134 Å². The number of carbonyl (C=O) groups is 1. The molecule has 2 aromatic rings. The zero-order chi connectivity index (χ0) is 14.5. The summed E-state index contributed by atoms with van der Waals surface area (Å²) in [7, 11) is 1.55. The van der Waals surface area contributed by atoms with Gasteiger partial charge in [0.1, 0.15) is 5.75 Å². The highest BCUT2D eigenvalue weighted by molar-refractivity contribution is 9.10. The van der Waals surface area contributed by atoms with E-state index in [1.165, 1.54) is 0 Å². The molecule has 4 heteroatoms. The van der Waals surface area contributed by atoms with Gasteiger partial charge in [0, 0.05) is 8.95 Å². The number of hydrogen-bond donors (Lipinski definition) is 0. The molecule has 0 spiro atoms. The van der Waals surface area contributed by atoms with E-state index in [0.717, 1.165) is 14.5 Å². The lowest BCUT2D eigenvalue weighted by Gasteiger charge is -2.05. The van der Waals surface area contributed by atoms with Crippen LogP contribution in [-0.4, -0.2) is 12.9 Å². The summed E-state index contributed by atoms with van der Waals surface area (Å²) in [6, 6.07) is 13.1. The van der Waals surface area contributed by atoms with Gasteiger partial charge in [0.25, 0.3) is 0 Å². The van der Waals surface area contributed by atoms with Gasteiger partial charge in [-0.2, -0.15) is 0 Å². The molecule has 0 fully saturated rings. The summed E-state index contributed by atoms with van der Waals surface area (Å²) in [6.07, 6.45) is 3.34. The molecular formula is C16H12Br2O2. The minimum atomic E-state index is -0.0916. The molecule has 0 saturated carbocycles. The lowest BCUT2D eigenvalue weighted by atomic mass is 10.1. The van der Waals surface area contributed by atoms with E-state index in [-0.39, 0.29) is 5.78 Å². The highest BCUT2D eigenvalue weighted by atomic mass is 79.9. The summed E-state index contributed by atoms with van der Waals surface area (Å²) in [5, 5.41) is 0. The van der Waals surface area contributed by atoms with Crippen molar-refractivity contribution in [2.75, 3.05) is 7.11 Å². The van der Waals surface area contributed by atoms with Crippen molar-refractivity contribution >= 4 is 43.7 Å². The smallest absolute Gasteiger partial charge is 0.189 e. The summed E-state index contributed by atoms with van der Waals surface area (Å²) < 4.78 is 7.06. The van der Waals surface area contributed by atoms with E-state index in [9.17, 15) is 4.79 Å². The van der Waals surface area contributed by atoms with Gasteiger partial charge in [-0.05, 0) is 42.0 Å². The van der Waals surface area contributed by atoms with E-state index in [1.54, 1.807) is 31.4 Å². The Morgan fingerprint density at radius 3 is 2.35 bits per heavy atom. The average molecular weight is 396 g/mol. The summed E-state index contributed by atoms with van der Waals surface area (Å²) in [6.45, 7) is 0. The molecule has 20 heavy (non-hydrogen) atoms. The second kappa shape index (κ2) is 6.86. The second-order valence-electron chi connectivity index (χ2n) is 4.09. The highest BCUT2D eigenvalue weighted by Gasteiger charge is 2.09. The monoisotopic (exact) mass is 394 g/mol. The minimum Gasteiger partial charge on any atom is -0.496 e. The number of allylic oxidation sites excluding steroid dienone is 1. The summed E-state index contributed by atoms with van der Waals surface area (Å²) in [4.78, 5) is 12.2. The van der Waals surface area contributed by atoms with Crippen molar-refractivity contribution in [3.63, 3.8) is 0 Å². The number of ether oxygens (including phenoxy) is 1. The average Bonchev–Trinajstić information content (AvgIpc) is 2.46. The highest BCUT2D eigenvalue weighted by Crippen LogP contribution is 2.24. The maximum absolute atomic E-state index is 12.2. The van der Waals surface area contributed by atoms with Crippen molar-refractivity contribution in [3.05, 3.63) is 68.6 Å². The number of halogens is 2. The number of rotatable bonds is 4. The number of hydrogen-bond acceptors (Lipinski definition) is 2. The van der Waals surface area contributed by atoms with Gasteiger partial charge in [-0.25, -0.2) is 0 Å². The van der Waals surface area contributed by atoms with E-state index < -0.39 is 0 Å². The zero-order valence-electron chi connectivity index (χ0n) is 10.8. The maximum Gasteiger partial charge on any atom is 0.189 e. The van der Waals surface area contributed by atoms with Gasteiger partial charge in [0.2, 0.25) is 0 Å². The molecule has 0 heterocycles. The van der Waals surface area contributed by atoms with Gasteiger partial charge in [-0.15, -0.1) is 0 Å². The van der Waals surface area contributed by atoms with Crippen LogP contribution in [0.3, 0.4) is 0 Å². The Morgan fingerprint density at radius 2 is 1.70 bits per heavy atom. The standard InChI is InChI=1S/C16H12Br2O2/c1-20-16-9-7-13(18)10-14(16)15(19)8-4-11-2-5-12(17)6-3-11/h2-10H,1H3. The Bertz CT molecular complexity index is 646. The molecule has 0 aliphatic carbocycles. The van der Waals surface area contributed by atoms with Crippen LogP contribution in [-0.2, 0) is 0 Å². The van der Waals surface area contributed by atoms with E-state index in [2.05, 4.69) is 31.9 Å². The third-order valence-electron chi connectivity index (χ3n) is 2.72. The SMILES string of the molecule is COc1ccc(Br)cc1C(=O)C=Cc1ccc(Br)cc1. The van der Waals surface area contributed by atoms with Gasteiger partial charge in [0.15, 0.2) is 5.78 Å². The van der Waals surface area contributed by atoms with Crippen LogP contribution in [0.15, 0.2) is 57.5 Å². The molecule has 0 aromatic heterocycles. The van der Waals surface area contributed by atoms with Gasteiger partial charge in [0.05, 0.1) is 12.7 Å². The molecule has 0 amide bonds. The molecule has 0 aliphatic heterocycles. The zero-order valence-corrected chi connectivity index (χ0v) is 13.9. The molecule has 2 nitrogen and oxygen atoms in total. The Morgan fingerprint density at radius 1 is 1.05 bits per heavy atom. The van der Waals surface area contributed by atoms with E-state index in [4.69, 9.17) is 4.74 Å². The molecule has 0 N–H and O–H groups in total. The first-order chi connectivity index (χ1) is 9.60. The predicted molar refractivity (Wildman–Crippen MR) is 88.2 cm³/mol. The largest absolute Gasteiger partial charge is 0.496 e. The maximum atomic E-state index is 12.2.